The molecule has 0 amide bonds. The molecular weight excluding hydrogens is 308 g/mol. The van der Waals surface area contributed by atoms with Gasteiger partial charge >= 0.3 is 0 Å². The van der Waals surface area contributed by atoms with E-state index in [1.807, 2.05) is 4.72 Å². The Balaban J connectivity index is 3.03. The monoisotopic (exact) mass is 317 g/mol. The summed E-state index contributed by atoms with van der Waals surface area (Å²) in [6.45, 7) is -1.02. The van der Waals surface area contributed by atoms with E-state index >= 15 is 0 Å². The van der Waals surface area contributed by atoms with Crippen LogP contribution < -0.4 is 4.72 Å². The summed E-state index contributed by atoms with van der Waals surface area (Å²) in [5, 5.41) is 16.7. The molecule has 5 nitrogen and oxygen atoms in total. The highest BCUT2D eigenvalue weighted by molar-refractivity contribution is 7.89. The lowest BCUT2D eigenvalue weighted by Crippen LogP contribution is -2.34. The molecule has 0 fully saturated rings. The zero-order valence-electron chi connectivity index (χ0n) is 8.90. The minimum Gasteiger partial charge on any atom is -0.394 e. The van der Waals surface area contributed by atoms with Gasteiger partial charge in [-0.3, -0.25) is 0 Å². The van der Waals surface area contributed by atoms with E-state index in [9.17, 15) is 12.8 Å². The molecule has 0 saturated carbocycles. The van der Waals surface area contributed by atoms with Crippen LogP contribution in [0.4, 0.5) is 4.39 Å². The fourth-order valence-electron chi connectivity index (χ4n) is 1.06. The summed E-state index contributed by atoms with van der Waals surface area (Å²) in [6, 6.07) is 2.10. The Morgan fingerprint density at radius 2 is 2.00 bits per heavy atom. The molecule has 0 bridgehead atoms. The van der Waals surface area contributed by atoms with Crippen LogP contribution in [0.15, 0.2) is 17.0 Å². The van der Waals surface area contributed by atoms with Gasteiger partial charge in [-0.05, 0) is 12.1 Å². The van der Waals surface area contributed by atoms with E-state index in [1.165, 1.54) is 0 Å². The Morgan fingerprint density at radius 3 is 2.56 bits per heavy atom. The van der Waals surface area contributed by atoms with Gasteiger partial charge in [-0.1, -0.05) is 23.2 Å². The fourth-order valence-corrected chi connectivity index (χ4v) is 2.88. The number of sulfonamides is 1. The van der Waals surface area contributed by atoms with Gasteiger partial charge in [0, 0.05) is 6.54 Å². The van der Waals surface area contributed by atoms with Crippen molar-refractivity contribution in [1.82, 2.24) is 4.72 Å². The number of rotatable bonds is 5. The van der Waals surface area contributed by atoms with Gasteiger partial charge < -0.3 is 10.2 Å². The smallest absolute Gasteiger partial charge is 0.242 e. The molecule has 102 valence electrons. The van der Waals surface area contributed by atoms with E-state index in [0.717, 1.165) is 12.1 Å². The van der Waals surface area contributed by atoms with Gasteiger partial charge in [-0.25, -0.2) is 17.5 Å². The first kappa shape index (κ1) is 15.6. The SMILES string of the molecule is O=S(=O)(NCC(O)CO)c1ccc(Cl)c(F)c1Cl. The number of nitrogens with one attached hydrogen (secondary N) is 1. The van der Waals surface area contributed by atoms with E-state index < -0.39 is 45.0 Å². The number of aliphatic hydroxyl groups excluding tert-OH is 2. The Bertz CT molecular complexity index is 538. The molecule has 1 aromatic rings. The predicted molar refractivity (Wildman–Crippen MR) is 64.7 cm³/mol. The normalized spacial score (nSPS) is 13.6. The van der Waals surface area contributed by atoms with Crippen LogP contribution in [-0.4, -0.2) is 37.9 Å². The van der Waals surface area contributed by atoms with Crippen LogP contribution in [0.2, 0.25) is 10.0 Å². The second kappa shape index (κ2) is 6.14. The predicted octanol–water partition coefficient (Wildman–Crippen LogP) is 0.764. The molecule has 3 N–H and O–H groups in total. The fraction of sp³-hybridized carbons (Fsp3) is 0.333. The minimum atomic E-state index is -4.09. The van der Waals surface area contributed by atoms with Gasteiger partial charge in [0.1, 0.15) is 4.90 Å². The standard InChI is InChI=1S/C9H10Cl2FNO4S/c10-6-1-2-7(8(11)9(6)12)18(16,17)13-3-5(15)4-14/h1-2,5,13-15H,3-4H2. The Kier molecular flexibility index (Phi) is 5.32. The topological polar surface area (TPSA) is 86.6 Å². The summed E-state index contributed by atoms with van der Waals surface area (Å²) in [5.74, 6) is -1.04. The number of hydrogen-bond acceptors (Lipinski definition) is 4. The molecule has 0 heterocycles. The minimum absolute atomic E-state index is 0.297. The molecule has 0 saturated heterocycles. The van der Waals surface area contributed by atoms with Crippen molar-refractivity contribution in [3.8, 4) is 0 Å². The second-order valence-corrected chi connectivity index (χ2v) is 5.88. The Morgan fingerprint density at radius 1 is 1.39 bits per heavy atom. The maximum absolute atomic E-state index is 13.3. The quantitative estimate of drug-likeness (QED) is 0.700. The number of hydrogen-bond donors (Lipinski definition) is 3. The molecule has 1 unspecified atom stereocenters. The van der Waals surface area contributed by atoms with Crippen LogP contribution >= 0.6 is 23.2 Å². The van der Waals surface area contributed by atoms with Gasteiger partial charge in [-0.15, -0.1) is 0 Å². The maximum Gasteiger partial charge on any atom is 0.242 e. The molecule has 0 aliphatic heterocycles. The van der Waals surface area contributed by atoms with Crippen molar-refractivity contribution in [3.05, 3.63) is 28.0 Å². The zero-order valence-corrected chi connectivity index (χ0v) is 11.2. The van der Waals surface area contributed by atoms with Gasteiger partial charge in [-0.2, -0.15) is 0 Å². The largest absolute Gasteiger partial charge is 0.394 e. The van der Waals surface area contributed by atoms with Crippen LogP contribution in [0, 0.1) is 5.82 Å². The van der Waals surface area contributed by atoms with E-state index in [0.29, 0.717) is 0 Å². The van der Waals surface area contributed by atoms with Gasteiger partial charge in [0.2, 0.25) is 10.0 Å². The summed E-state index contributed by atoms with van der Waals surface area (Å²) in [6.07, 6.45) is -1.25. The lowest BCUT2D eigenvalue weighted by atomic mass is 10.3. The molecule has 0 aromatic heterocycles. The van der Waals surface area contributed by atoms with E-state index in [1.54, 1.807) is 0 Å². The van der Waals surface area contributed by atoms with Crippen molar-refractivity contribution >= 4 is 33.2 Å². The third kappa shape index (κ3) is 3.53. The molecule has 0 radical (unpaired) electrons. The van der Waals surface area contributed by atoms with E-state index in [4.69, 9.17) is 33.4 Å². The molecule has 0 spiro atoms. The summed E-state index contributed by atoms with van der Waals surface area (Å²) in [5.41, 5.74) is 0. The lowest BCUT2D eigenvalue weighted by molar-refractivity contribution is 0.0988. The summed E-state index contributed by atoms with van der Waals surface area (Å²) < 4.78 is 38.8. The zero-order chi connectivity index (χ0) is 13.9. The highest BCUT2D eigenvalue weighted by Gasteiger charge is 2.22. The van der Waals surface area contributed by atoms with E-state index in [-0.39, 0.29) is 5.02 Å². The first-order valence-electron chi connectivity index (χ1n) is 4.71. The van der Waals surface area contributed by atoms with Crippen molar-refractivity contribution < 1.29 is 23.0 Å². The first-order valence-corrected chi connectivity index (χ1v) is 6.95. The molecule has 1 atom stereocenters. The Hall–Kier alpha value is -0.440. The summed E-state index contributed by atoms with van der Waals surface area (Å²) in [4.78, 5) is -0.490. The lowest BCUT2D eigenvalue weighted by Gasteiger charge is -2.11. The first-order chi connectivity index (χ1) is 8.29. The highest BCUT2D eigenvalue weighted by Crippen LogP contribution is 2.29. The summed E-state index contributed by atoms with van der Waals surface area (Å²) in [7, 11) is -4.09. The van der Waals surface area contributed by atoms with Crippen molar-refractivity contribution in [2.24, 2.45) is 0 Å². The third-order valence-electron chi connectivity index (χ3n) is 2.01. The number of halogens is 3. The second-order valence-electron chi connectivity index (χ2n) is 3.36. The van der Waals surface area contributed by atoms with Crippen LogP contribution in [-0.2, 0) is 10.0 Å². The van der Waals surface area contributed by atoms with Crippen molar-refractivity contribution in [1.29, 1.82) is 0 Å². The highest BCUT2D eigenvalue weighted by atomic mass is 35.5. The Labute approximate surface area is 113 Å². The van der Waals surface area contributed by atoms with Crippen LogP contribution in [0.25, 0.3) is 0 Å². The van der Waals surface area contributed by atoms with Crippen LogP contribution in [0.3, 0.4) is 0 Å². The molecule has 9 heteroatoms. The average Bonchev–Trinajstić information content (AvgIpc) is 2.32. The van der Waals surface area contributed by atoms with Crippen molar-refractivity contribution in [2.75, 3.05) is 13.2 Å². The van der Waals surface area contributed by atoms with E-state index in [2.05, 4.69) is 0 Å². The molecule has 1 rings (SSSR count). The van der Waals surface area contributed by atoms with Gasteiger partial charge in [0.25, 0.3) is 0 Å². The van der Waals surface area contributed by atoms with Gasteiger partial charge in [0.15, 0.2) is 5.82 Å². The average molecular weight is 318 g/mol. The third-order valence-corrected chi connectivity index (χ3v) is 4.25. The van der Waals surface area contributed by atoms with Crippen molar-refractivity contribution in [3.63, 3.8) is 0 Å². The van der Waals surface area contributed by atoms with Crippen LogP contribution in [0.5, 0.6) is 0 Å². The molecule has 1 aromatic carbocycles. The molecular formula is C9H10Cl2FNO4S. The number of benzene rings is 1. The summed E-state index contributed by atoms with van der Waals surface area (Å²) >= 11 is 11.0. The van der Waals surface area contributed by atoms with Crippen LogP contribution in [0.1, 0.15) is 0 Å². The molecule has 18 heavy (non-hydrogen) atoms. The van der Waals surface area contributed by atoms with Crippen molar-refractivity contribution in [2.45, 2.75) is 11.0 Å². The maximum atomic E-state index is 13.3. The number of aliphatic hydroxyl groups is 2. The van der Waals surface area contributed by atoms with Gasteiger partial charge in [0.05, 0.1) is 22.8 Å². The molecule has 0 aliphatic carbocycles. The molecule has 0 aliphatic rings.